The number of ether oxygens (including phenoxy) is 2. The molecule has 0 rings (SSSR count). The first kappa shape index (κ1) is 18.4. The Morgan fingerprint density at radius 3 is 2.15 bits per heavy atom. The van der Waals surface area contributed by atoms with Crippen LogP contribution < -0.4 is 5.73 Å². The first-order valence-corrected chi connectivity index (χ1v) is 6.57. The molecule has 1 unspecified atom stereocenters. The fourth-order valence-electron chi connectivity index (χ4n) is 1.26. The van der Waals surface area contributed by atoms with Gasteiger partial charge in [-0.05, 0) is 34.1 Å². The molecule has 116 valence electrons. The molecule has 0 bridgehead atoms. The summed E-state index contributed by atoms with van der Waals surface area (Å²) in [4.78, 5) is 36.2. The van der Waals surface area contributed by atoms with Crippen LogP contribution in [0.2, 0.25) is 0 Å². The van der Waals surface area contributed by atoms with E-state index < -0.39 is 36.2 Å². The average molecular weight is 288 g/mol. The zero-order chi connectivity index (χ0) is 15.9. The van der Waals surface area contributed by atoms with Gasteiger partial charge in [-0.25, -0.2) is 9.69 Å². The molecule has 0 spiro atoms. The van der Waals surface area contributed by atoms with Crippen molar-refractivity contribution in [2.45, 2.75) is 52.7 Å². The Morgan fingerprint density at radius 2 is 1.75 bits per heavy atom. The summed E-state index contributed by atoms with van der Waals surface area (Å²) in [5.41, 5.74) is 4.84. The van der Waals surface area contributed by atoms with Crippen LogP contribution in [0.5, 0.6) is 0 Å². The van der Waals surface area contributed by atoms with Crippen LogP contribution in [0.1, 0.15) is 41.0 Å². The highest BCUT2D eigenvalue weighted by Crippen LogP contribution is 2.11. The quantitative estimate of drug-likeness (QED) is 0.759. The highest BCUT2D eigenvalue weighted by molar-refractivity contribution is 5.97. The summed E-state index contributed by atoms with van der Waals surface area (Å²) in [5, 5.41) is 0. The second kappa shape index (κ2) is 7.84. The summed E-state index contributed by atoms with van der Waals surface area (Å²) in [6, 6.07) is -0.864. The van der Waals surface area contributed by atoms with Crippen molar-refractivity contribution in [3.05, 3.63) is 0 Å². The van der Waals surface area contributed by atoms with E-state index in [9.17, 15) is 14.4 Å². The van der Waals surface area contributed by atoms with E-state index in [2.05, 4.69) is 0 Å². The maximum Gasteiger partial charge on any atom is 0.417 e. The van der Waals surface area contributed by atoms with Crippen LogP contribution in [0, 0.1) is 0 Å². The van der Waals surface area contributed by atoms with E-state index in [0.717, 1.165) is 0 Å². The lowest BCUT2D eigenvalue weighted by Gasteiger charge is -2.27. The summed E-state index contributed by atoms with van der Waals surface area (Å²) < 4.78 is 9.83. The Labute approximate surface area is 119 Å². The first-order chi connectivity index (χ1) is 9.12. The molecule has 0 saturated heterocycles. The van der Waals surface area contributed by atoms with Crippen molar-refractivity contribution < 1.29 is 23.9 Å². The Hall–Kier alpha value is -1.63. The third-order valence-electron chi connectivity index (χ3n) is 2.23. The van der Waals surface area contributed by atoms with Gasteiger partial charge in [0.15, 0.2) is 0 Å². The summed E-state index contributed by atoms with van der Waals surface area (Å²) >= 11 is 0. The van der Waals surface area contributed by atoms with E-state index in [1.165, 1.54) is 0 Å². The number of amides is 2. The lowest BCUT2D eigenvalue weighted by atomic mass is 10.2. The van der Waals surface area contributed by atoms with Crippen molar-refractivity contribution in [1.29, 1.82) is 0 Å². The van der Waals surface area contributed by atoms with Crippen molar-refractivity contribution in [2.75, 3.05) is 13.2 Å². The second-order valence-corrected chi connectivity index (χ2v) is 5.22. The van der Waals surface area contributed by atoms with Crippen LogP contribution in [-0.2, 0) is 19.1 Å². The van der Waals surface area contributed by atoms with Crippen LogP contribution >= 0.6 is 0 Å². The molecule has 0 aliphatic heterocycles. The highest BCUT2D eigenvalue weighted by atomic mass is 16.6. The van der Waals surface area contributed by atoms with Gasteiger partial charge in [0.2, 0.25) is 5.91 Å². The second-order valence-electron chi connectivity index (χ2n) is 5.22. The number of carbonyl (C=O) groups excluding carboxylic acids is 3. The van der Waals surface area contributed by atoms with Crippen LogP contribution in [0.25, 0.3) is 0 Å². The van der Waals surface area contributed by atoms with Crippen molar-refractivity contribution in [1.82, 2.24) is 4.90 Å². The van der Waals surface area contributed by atoms with Gasteiger partial charge in [-0.15, -0.1) is 0 Å². The molecule has 0 fully saturated rings. The third-order valence-corrected chi connectivity index (χ3v) is 2.23. The highest BCUT2D eigenvalue weighted by Gasteiger charge is 2.31. The number of hydrogen-bond acceptors (Lipinski definition) is 6. The number of imide groups is 1. The van der Waals surface area contributed by atoms with Gasteiger partial charge in [-0.3, -0.25) is 9.59 Å². The minimum absolute atomic E-state index is 0.162. The van der Waals surface area contributed by atoms with Crippen molar-refractivity contribution in [3.8, 4) is 0 Å². The smallest absolute Gasteiger partial charge is 0.417 e. The van der Waals surface area contributed by atoms with E-state index in [-0.39, 0.29) is 6.61 Å². The molecule has 20 heavy (non-hydrogen) atoms. The molecule has 0 saturated carbocycles. The Kier molecular flexibility index (Phi) is 7.20. The lowest BCUT2D eigenvalue weighted by molar-refractivity contribution is -0.148. The first-order valence-electron chi connectivity index (χ1n) is 6.57. The fraction of sp³-hybridized carbons (Fsp3) is 0.769. The van der Waals surface area contributed by atoms with Gasteiger partial charge in [0, 0.05) is 0 Å². The molecule has 0 aromatic heterocycles. The maximum absolute atomic E-state index is 12.0. The maximum atomic E-state index is 12.0. The Balaban J connectivity index is 5.01. The molecule has 0 radical (unpaired) electrons. The SMILES string of the molecule is CCOC(=O)CN(C(=O)OC(C)(C)C)C(=O)C(N)CC. The van der Waals surface area contributed by atoms with Crippen molar-refractivity contribution in [2.24, 2.45) is 5.73 Å². The normalized spacial score (nSPS) is 12.5. The van der Waals surface area contributed by atoms with Crippen LogP contribution in [0.15, 0.2) is 0 Å². The summed E-state index contributed by atoms with van der Waals surface area (Å²) in [7, 11) is 0. The van der Waals surface area contributed by atoms with Crippen LogP contribution in [-0.4, -0.2) is 47.7 Å². The molecule has 0 aliphatic carbocycles. The van der Waals surface area contributed by atoms with Gasteiger partial charge in [0.1, 0.15) is 12.1 Å². The standard InChI is InChI=1S/C13H24N2O5/c1-6-9(14)11(17)15(8-10(16)19-7-2)12(18)20-13(3,4)5/h9H,6-8,14H2,1-5H3. The van der Waals surface area contributed by atoms with Gasteiger partial charge in [0.05, 0.1) is 12.6 Å². The number of carbonyl (C=O) groups is 3. The molecule has 2 N–H and O–H groups in total. The molecular weight excluding hydrogens is 264 g/mol. The van der Waals surface area contributed by atoms with Gasteiger partial charge in [0.25, 0.3) is 0 Å². The predicted octanol–water partition coefficient (Wildman–Crippen LogP) is 1.05. The van der Waals surface area contributed by atoms with E-state index in [4.69, 9.17) is 15.2 Å². The fourth-order valence-corrected chi connectivity index (χ4v) is 1.26. The summed E-state index contributed by atoms with van der Waals surface area (Å²) in [6.45, 7) is 7.99. The number of nitrogens with zero attached hydrogens (tertiary/aromatic N) is 1. The molecule has 0 aromatic carbocycles. The molecular formula is C13H24N2O5. The van der Waals surface area contributed by atoms with E-state index in [0.29, 0.717) is 11.3 Å². The number of hydrogen-bond donors (Lipinski definition) is 1. The average Bonchev–Trinajstić information content (AvgIpc) is 2.32. The molecule has 0 aliphatic rings. The Morgan fingerprint density at radius 1 is 1.20 bits per heavy atom. The molecule has 2 amide bonds. The minimum atomic E-state index is -0.903. The number of rotatable bonds is 5. The number of nitrogens with two attached hydrogens (primary N) is 1. The zero-order valence-electron chi connectivity index (χ0n) is 12.8. The monoisotopic (exact) mass is 288 g/mol. The van der Waals surface area contributed by atoms with E-state index in [1.54, 1.807) is 34.6 Å². The van der Waals surface area contributed by atoms with Crippen LogP contribution in [0.4, 0.5) is 4.79 Å². The molecule has 0 aromatic rings. The molecule has 7 heteroatoms. The molecule has 1 atom stereocenters. The molecule has 7 nitrogen and oxygen atoms in total. The predicted molar refractivity (Wildman–Crippen MR) is 72.8 cm³/mol. The van der Waals surface area contributed by atoms with E-state index in [1.807, 2.05) is 0 Å². The Bertz CT molecular complexity index is 362. The third kappa shape index (κ3) is 6.51. The summed E-state index contributed by atoms with van der Waals surface area (Å²) in [5.74, 6) is -1.34. The largest absolute Gasteiger partial charge is 0.465 e. The van der Waals surface area contributed by atoms with Crippen molar-refractivity contribution >= 4 is 18.0 Å². The summed E-state index contributed by atoms with van der Waals surface area (Å²) in [6.07, 6.45) is -0.555. The number of esters is 1. The molecule has 0 heterocycles. The lowest BCUT2D eigenvalue weighted by Crippen LogP contribution is -2.50. The minimum Gasteiger partial charge on any atom is -0.465 e. The van der Waals surface area contributed by atoms with Gasteiger partial charge >= 0.3 is 12.1 Å². The van der Waals surface area contributed by atoms with E-state index >= 15 is 0 Å². The zero-order valence-corrected chi connectivity index (χ0v) is 12.8. The topological polar surface area (TPSA) is 98.9 Å². The van der Waals surface area contributed by atoms with Gasteiger partial charge < -0.3 is 15.2 Å². The van der Waals surface area contributed by atoms with Gasteiger partial charge in [-0.2, -0.15) is 0 Å². The van der Waals surface area contributed by atoms with Crippen molar-refractivity contribution in [3.63, 3.8) is 0 Å². The van der Waals surface area contributed by atoms with Gasteiger partial charge in [-0.1, -0.05) is 6.92 Å². The van der Waals surface area contributed by atoms with Crippen LogP contribution in [0.3, 0.4) is 0 Å².